The number of nitrogens with one attached hydrogen (secondary N) is 1. The Balaban J connectivity index is 1.72. The third kappa shape index (κ3) is 4.15. The van der Waals surface area contributed by atoms with Gasteiger partial charge in [0.2, 0.25) is 0 Å². The van der Waals surface area contributed by atoms with Gasteiger partial charge in [0, 0.05) is 6.61 Å². The third-order valence-electron chi connectivity index (χ3n) is 4.21. The summed E-state index contributed by atoms with van der Waals surface area (Å²) in [5.74, 6) is 3.54. The highest BCUT2D eigenvalue weighted by atomic mass is 32.2. The topological polar surface area (TPSA) is 21.3 Å². The van der Waals surface area contributed by atoms with E-state index in [9.17, 15) is 0 Å². The van der Waals surface area contributed by atoms with Crippen LogP contribution in [-0.4, -0.2) is 36.8 Å². The van der Waals surface area contributed by atoms with Crippen LogP contribution >= 0.6 is 11.8 Å². The molecule has 100 valence electrons. The first-order chi connectivity index (χ1) is 8.35. The van der Waals surface area contributed by atoms with E-state index in [1.165, 1.54) is 56.6 Å². The highest BCUT2D eigenvalue weighted by Gasteiger charge is 2.38. The standard InChI is InChI=1S/C14H27NOS/c1-2-15-8-3-4-13-5-9-16-14(12-13)6-10-17-11-7-14/h13,15H,2-12H2,1H3. The fourth-order valence-corrected chi connectivity index (χ4v) is 4.40. The molecule has 0 aromatic rings. The SMILES string of the molecule is CCNCCCC1CCOC2(CCSCC2)C1. The number of rotatable bonds is 5. The van der Waals surface area contributed by atoms with E-state index in [0.717, 1.165) is 19.1 Å². The van der Waals surface area contributed by atoms with Crippen molar-refractivity contribution in [1.29, 1.82) is 0 Å². The van der Waals surface area contributed by atoms with E-state index < -0.39 is 0 Å². The van der Waals surface area contributed by atoms with Crippen LogP contribution in [0.1, 0.15) is 45.4 Å². The molecule has 2 saturated heterocycles. The van der Waals surface area contributed by atoms with Crippen LogP contribution in [0.15, 0.2) is 0 Å². The van der Waals surface area contributed by atoms with Gasteiger partial charge in [-0.05, 0) is 69.0 Å². The average Bonchev–Trinajstić information content (AvgIpc) is 2.36. The zero-order chi connectivity index (χ0) is 12.0. The molecule has 2 nitrogen and oxygen atoms in total. The Morgan fingerprint density at radius 2 is 2.18 bits per heavy atom. The molecular weight excluding hydrogens is 230 g/mol. The van der Waals surface area contributed by atoms with Crippen LogP contribution in [-0.2, 0) is 4.74 Å². The molecule has 17 heavy (non-hydrogen) atoms. The van der Waals surface area contributed by atoms with Gasteiger partial charge in [0.1, 0.15) is 0 Å². The molecule has 2 aliphatic rings. The third-order valence-corrected chi connectivity index (χ3v) is 5.20. The second-order valence-corrected chi connectivity index (χ2v) is 6.72. The lowest BCUT2D eigenvalue weighted by atomic mass is 9.80. The van der Waals surface area contributed by atoms with Crippen molar-refractivity contribution in [3.63, 3.8) is 0 Å². The molecule has 0 aromatic carbocycles. The molecule has 2 aliphatic heterocycles. The summed E-state index contributed by atoms with van der Waals surface area (Å²) in [4.78, 5) is 0. The molecule has 2 heterocycles. The van der Waals surface area contributed by atoms with Gasteiger partial charge in [0.05, 0.1) is 5.60 Å². The quantitative estimate of drug-likeness (QED) is 0.765. The van der Waals surface area contributed by atoms with Gasteiger partial charge < -0.3 is 10.1 Å². The van der Waals surface area contributed by atoms with Crippen molar-refractivity contribution >= 4 is 11.8 Å². The van der Waals surface area contributed by atoms with Gasteiger partial charge in [-0.3, -0.25) is 0 Å². The van der Waals surface area contributed by atoms with Gasteiger partial charge in [-0.2, -0.15) is 11.8 Å². The van der Waals surface area contributed by atoms with Crippen LogP contribution in [0.2, 0.25) is 0 Å². The van der Waals surface area contributed by atoms with Crippen LogP contribution in [0.25, 0.3) is 0 Å². The minimum atomic E-state index is 0.284. The van der Waals surface area contributed by atoms with Crippen LogP contribution in [0.3, 0.4) is 0 Å². The Hall–Kier alpha value is 0.270. The van der Waals surface area contributed by atoms with Gasteiger partial charge in [0.25, 0.3) is 0 Å². The molecule has 0 radical (unpaired) electrons. The maximum atomic E-state index is 6.14. The Bertz CT molecular complexity index is 211. The predicted octanol–water partition coefficient (Wildman–Crippen LogP) is 3.07. The molecule has 1 atom stereocenters. The minimum Gasteiger partial charge on any atom is -0.375 e. The monoisotopic (exact) mass is 257 g/mol. The van der Waals surface area contributed by atoms with Crippen molar-refractivity contribution in [2.75, 3.05) is 31.2 Å². The maximum absolute atomic E-state index is 6.14. The summed E-state index contributed by atoms with van der Waals surface area (Å²) in [6.45, 7) is 5.49. The second-order valence-electron chi connectivity index (χ2n) is 5.50. The van der Waals surface area contributed by atoms with Crippen LogP contribution < -0.4 is 5.32 Å². The van der Waals surface area contributed by atoms with Crippen LogP contribution in [0, 0.1) is 5.92 Å². The molecule has 0 amide bonds. The molecule has 2 fully saturated rings. The minimum absolute atomic E-state index is 0.284. The van der Waals surface area contributed by atoms with Crippen LogP contribution in [0.5, 0.6) is 0 Å². The number of hydrogen-bond acceptors (Lipinski definition) is 3. The largest absolute Gasteiger partial charge is 0.375 e. The zero-order valence-electron chi connectivity index (χ0n) is 11.2. The van der Waals surface area contributed by atoms with E-state index in [1.807, 2.05) is 0 Å². The van der Waals surface area contributed by atoms with Crippen molar-refractivity contribution in [2.24, 2.45) is 5.92 Å². The molecule has 2 rings (SSSR count). The lowest BCUT2D eigenvalue weighted by Gasteiger charge is -2.43. The second kappa shape index (κ2) is 7.01. The average molecular weight is 257 g/mol. The molecule has 1 N–H and O–H groups in total. The van der Waals surface area contributed by atoms with Crippen LogP contribution in [0.4, 0.5) is 0 Å². The molecule has 0 saturated carbocycles. The summed E-state index contributed by atoms with van der Waals surface area (Å²) in [5.41, 5.74) is 0.284. The van der Waals surface area contributed by atoms with Crippen molar-refractivity contribution in [1.82, 2.24) is 5.32 Å². The molecule has 0 bridgehead atoms. The molecule has 1 spiro atoms. The van der Waals surface area contributed by atoms with E-state index in [2.05, 4.69) is 24.0 Å². The number of ether oxygens (including phenoxy) is 1. The molecule has 3 heteroatoms. The molecule has 1 unspecified atom stereocenters. The Kier molecular flexibility index (Phi) is 5.64. The molecule has 0 aromatic heterocycles. The smallest absolute Gasteiger partial charge is 0.0700 e. The normalized spacial score (nSPS) is 28.4. The Morgan fingerprint density at radius 1 is 1.35 bits per heavy atom. The molecular formula is C14H27NOS. The zero-order valence-corrected chi connectivity index (χ0v) is 12.0. The summed E-state index contributed by atoms with van der Waals surface area (Å²) >= 11 is 2.10. The summed E-state index contributed by atoms with van der Waals surface area (Å²) in [5, 5.41) is 3.42. The maximum Gasteiger partial charge on any atom is 0.0700 e. The van der Waals surface area contributed by atoms with Gasteiger partial charge in [-0.15, -0.1) is 0 Å². The lowest BCUT2D eigenvalue weighted by molar-refractivity contribution is -0.103. The highest BCUT2D eigenvalue weighted by molar-refractivity contribution is 7.99. The van der Waals surface area contributed by atoms with Crippen molar-refractivity contribution < 1.29 is 4.74 Å². The van der Waals surface area contributed by atoms with Crippen molar-refractivity contribution in [2.45, 2.75) is 51.0 Å². The number of hydrogen-bond donors (Lipinski definition) is 1. The van der Waals surface area contributed by atoms with Gasteiger partial charge in [-0.1, -0.05) is 6.92 Å². The predicted molar refractivity (Wildman–Crippen MR) is 75.7 cm³/mol. The van der Waals surface area contributed by atoms with Gasteiger partial charge in [0.15, 0.2) is 0 Å². The Labute approximate surface area is 110 Å². The van der Waals surface area contributed by atoms with Crippen molar-refractivity contribution in [3.05, 3.63) is 0 Å². The molecule has 0 aliphatic carbocycles. The van der Waals surface area contributed by atoms with Crippen molar-refractivity contribution in [3.8, 4) is 0 Å². The fraction of sp³-hybridized carbons (Fsp3) is 1.00. The first kappa shape index (κ1) is 13.7. The summed E-state index contributed by atoms with van der Waals surface area (Å²) < 4.78 is 6.14. The summed E-state index contributed by atoms with van der Waals surface area (Å²) in [6, 6.07) is 0. The van der Waals surface area contributed by atoms with Gasteiger partial charge >= 0.3 is 0 Å². The first-order valence-electron chi connectivity index (χ1n) is 7.27. The van der Waals surface area contributed by atoms with E-state index in [-0.39, 0.29) is 5.60 Å². The van der Waals surface area contributed by atoms with E-state index >= 15 is 0 Å². The van der Waals surface area contributed by atoms with Gasteiger partial charge in [-0.25, -0.2) is 0 Å². The highest BCUT2D eigenvalue weighted by Crippen LogP contribution is 2.40. The fourth-order valence-electron chi connectivity index (χ4n) is 3.16. The Morgan fingerprint density at radius 3 is 2.94 bits per heavy atom. The first-order valence-corrected chi connectivity index (χ1v) is 8.42. The number of thioether (sulfide) groups is 1. The van der Waals surface area contributed by atoms with E-state index in [1.54, 1.807) is 0 Å². The van der Waals surface area contributed by atoms with E-state index in [0.29, 0.717) is 0 Å². The van der Waals surface area contributed by atoms with E-state index in [4.69, 9.17) is 4.74 Å². The summed E-state index contributed by atoms with van der Waals surface area (Å²) in [6.07, 6.45) is 7.94. The summed E-state index contributed by atoms with van der Waals surface area (Å²) in [7, 11) is 0. The lowest BCUT2D eigenvalue weighted by Crippen LogP contribution is -2.42.